The molecule has 0 bridgehead atoms. The SMILES string of the molecule is O=C(O)c1cccc(CN2CCC[C@H](c3cncc(-n4ccnc4)n3)C2)c1. The molecule has 1 N–H and O–H groups in total. The smallest absolute Gasteiger partial charge is 0.335 e. The number of hydrogen-bond donors (Lipinski definition) is 1. The monoisotopic (exact) mass is 363 g/mol. The Morgan fingerprint density at radius 3 is 3.00 bits per heavy atom. The Kier molecular flexibility index (Phi) is 4.93. The summed E-state index contributed by atoms with van der Waals surface area (Å²) in [5, 5.41) is 9.17. The van der Waals surface area contributed by atoms with Crippen LogP contribution >= 0.6 is 0 Å². The van der Waals surface area contributed by atoms with Gasteiger partial charge in [0, 0.05) is 37.6 Å². The lowest BCUT2D eigenvalue weighted by Crippen LogP contribution is -2.34. The van der Waals surface area contributed by atoms with Gasteiger partial charge in [-0.3, -0.25) is 14.5 Å². The molecule has 27 heavy (non-hydrogen) atoms. The Bertz CT molecular complexity index is 926. The Morgan fingerprint density at radius 2 is 2.19 bits per heavy atom. The van der Waals surface area contributed by atoms with E-state index in [4.69, 9.17) is 4.98 Å². The van der Waals surface area contributed by atoms with Crippen LogP contribution in [0.25, 0.3) is 5.82 Å². The van der Waals surface area contributed by atoms with Crippen LogP contribution < -0.4 is 0 Å². The highest BCUT2D eigenvalue weighted by Crippen LogP contribution is 2.26. The van der Waals surface area contributed by atoms with Gasteiger partial charge in [-0.1, -0.05) is 12.1 Å². The van der Waals surface area contributed by atoms with Crippen molar-refractivity contribution in [1.29, 1.82) is 0 Å². The topological polar surface area (TPSA) is 84.1 Å². The number of aromatic carboxylic acids is 1. The quantitative estimate of drug-likeness (QED) is 0.750. The van der Waals surface area contributed by atoms with E-state index < -0.39 is 5.97 Å². The summed E-state index contributed by atoms with van der Waals surface area (Å²) in [4.78, 5) is 26.7. The van der Waals surface area contributed by atoms with Crippen LogP contribution in [0.1, 0.15) is 40.4 Å². The molecule has 4 rings (SSSR count). The first-order valence-corrected chi connectivity index (χ1v) is 9.04. The number of rotatable bonds is 5. The first-order chi connectivity index (χ1) is 13.2. The van der Waals surface area contributed by atoms with E-state index in [0.29, 0.717) is 11.5 Å². The third-order valence-corrected chi connectivity index (χ3v) is 4.91. The summed E-state index contributed by atoms with van der Waals surface area (Å²) in [6, 6.07) is 7.17. The lowest BCUT2D eigenvalue weighted by molar-refractivity contribution is 0.0696. The van der Waals surface area contributed by atoms with E-state index >= 15 is 0 Å². The summed E-state index contributed by atoms with van der Waals surface area (Å²) in [5.74, 6) is 0.202. The van der Waals surface area contributed by atoms with Gasteiger partial charge in [0.1, 0.15) is 6.33 Å². The highest BCUT2D eigenvalue weighted by molar-refractivity contribution is 5.87. The standard InChI is InChI=1S/C20H21N5O2/c26-20(27)16-4-1-3-15(9-16)12-24-7-2-5-17(13-24)18-10-22-11-19(23-18)25-8-6-21-14-25/h1,3-4,6,8-11,14,17H,2,5,7,12-13H2,(H,26,27)/t17-/m0/s1. The van der Waals surface area contributed by atoms with Crippen LogP contribution in [0, 0.1) is 0 Å². The number of likely N-dealkylation sites (tertiary alicyclic amines) is 1. The molecule has 1 aliphatic heterocycles. The van der Waals surface area contributed by atoms with Crippen molar-refractivity contribution in [1.82, 2.24) is 24.4 Å². The molecule has 3 aromatic rings. The maximum atomic E-state index is 11.2. The Labute approximate surface area is 157 Å². The number of hydrogen-bond acceptors (Lipinski definition) is 5. The molecule has 0 aliphatic carbocycles. The van der Waals surface area contributed by atoms with Gasteiger partial charge in [0.15, 0.2) is 5.82 Å². The van der Waals surface area contributed by atoms with Gasteiger partial charge in [-0.2, -0.15) is 0 Å². The maximum Gasteiger partial charge on any atom is 0.335 e. The molecule has 7 heteroatoms. The highest BCUT2D eigenvalue weighted by Gasteiger charge is 2.23. The number of benzene rings is 1. The van der Waals surface area contributed by atoms with Gasteiger partial charge in [-0.25, -0.2) is 14.8 Å². The maximum absolute atomic E-state index is 11.2. The molecule has 3 heterocycles. The van der Waals surface area contributed by atoms with Crippen LogP contribution in [0.3, 0.4) is 0 Å². The number of nitrogens with zero attached hydrogens (tertiary/aromatic N) is 5. The van der Waals surface area contributed by atoms with E-state index in [2.05, 4.69) is 14.9 Å². The molecule has 1 fully saturated rings. The van der Waals surface area contributed by atoms with Crippen LogP contribution in [-0.2, 0) is 6.54 Å². The summed E-state index contributed by atoms with van der Waals surface area (Å²) < 4.78 is 1.86. The lowest BCUT2D eigenvalue weighted by atomic mass is 9.94. The van der Waals surface area contributed by atoms with Crippen molar-refractivity contribution < 1.29 is 9.90 Å². The van der Waals surface area contributed by atoms with Crippen LogP contribution in [-0.4, -0.2) is 48.6 Å². The minimum atomic E-state index is -0.889. The Balaban J connectivity index is 1.48. The minimum absolute atomic E-state index is 0.317. The van der Waals surface area contributed by atoms with Crippen LogP contribution in [0.4, 0.5) is 0 Å². The third kappa shape index (κ3) is 4.03. The predicted molar refractivity (Wildman–Crippen MR) is 99.8 cm³/mol. The zero-order chi connectivity index (χ0) is 18.6. The molecule has 0 radical (unpaired) electrons. The Hall–Kier alpha value is -3.06. The second-order valence-corrected chi connectivity index (χ2v) is 6.85. The van der Waals surface area contributed by atoms with E-state index in [-0.39, 0.29) is 0 Å². The fourth-order valence-electron chi connectivity index (χ4n) is 3.59. The fourth-order valence-corrected chi connectivity index (χ4v) is 3.59. The van der Waals surface area contributed by atoms with Crippen molar-refractivity contribution in [3.8, 4) is 5.82 Å². The Morgan fingerprint density at radius 1 is 1.26 bits per heavy atom. The summed E-state index contributed by atoms with van der Waals surface area (Å²) >= 11 is 0. The minimum Gasteiger partial charge on any atom is -0.478 e. The molecular formula is C20H21N5O2. The molecule has 2 aromatic heterocycles. The molecule has 1 aliphatic rings. The van der Waals surface area contributed by atoms with Gasteiger partial charge in [0.25, 0.3) is 0 Å². The summed E-state index contributed by atoms with van der Waals surface area (Å²) in [6.45, 7) is 2.63. The number of aromatic nitrogens is 4. The molecule has 1 saturated heterocycles. The molecule has 138 valence electrons. The number of carboxylic acids is 1. The first-order valence-electron chi connectivity index (χ1n) is 9.04. The summed E-state index contributed by atoms with van der Waals surface area (Å²) in [5.41, 5.74) is 2.35. The van der Waals surface area contributed by atoms with Crippen molar-refractivity contribution in [2.24, 2.45) is 0 Å². The summed E-state index contributed by atoms with van der Waals surface area (Å²) in [7, 11) is 0. The second-order valence-electron chi connectivity index (χ2n) is 6.85. The predicted octanol–water partition coefficient (Wildman–Crippen LogP) is 2.74. The highest BCUT2D eigenvalue weighted by atomic mass is 16.4. The molecule has 0 spiro atoms. The zero-order valence-electron chi connectivity index (χ0n) is 14.9. The summed E-state index contributed by atoms with van der Waals surface area (Å²) in [6.07, 6.45) is 11.0. The average Bonchev–Trinajstić information content (AvgIpc) is 3.23. The molecule has 1 atom stereocenters. The number of carbonyl (C=O) groups is 1. The van der Waals surface area contributed by atoms with E-state index in [1.807, 2.05) is 23.0 Å². The van der Waals surface area contributed by atoms with E-state index in [9.17, 15) is 9.90 Å². The van der Waals surface area contributed by atoms with Crippen molar-refractivity contribution in [3.63, 3.8) is 0 Å². The van der Waals surface area contributed by atoms with Crippen molar-refractivity contribution >= 4 is 5.97 Å². The number of imidazole rings is 1. The molecular weight excluding hydrogens is 342 g/mol. The van der Waals surface area contributed by atoms with Crippen molar-refractivity contribution in [2.45, 2.75) is 25.3 Å². The third-order valence-electron chi connectivity index (χ3n) is 4.91. The first kappa shape index (κ1) is 17.4. The largest absolute Gasteiger partial charge is 0.478 e. The van der Waals surface area contributed by atoms with Crippen molar-refractivity contribution in [3.05, 3.63) is 72.2 Å². The molecule has 1 aromatic carbocycles. The molecule has 7 nitrogen and oxygen atoms in total. The lowest BCUT2D eigenvalue weighted by Gasteiger charge is -2.32. The van der Waals surface area contributed by atoms with Crippen LogP contribution in [0.5, 0.6) is 0 Å². The second kappa shape index (κ2) is 7.67. The normalized spacial score (nSPS) is 17.7. The van der Waals surface area contributed by atoms with Crippen LogP contribution in [0.2, 0.25) is 0 Å². The van der Waals surface area contributed by atoms with Gasteiger partial charge in [-0.15, -0.1) is 0 Å². The fraction of sp³-hybridized carbons (Fsp3) is 0.300. The van der Waals surface area contributed by atoms with Gasteiger partial charge >= 0.3 is 5.97 Å². The zero-order valence-corrected chi connectivity index (χ0v) is 14.9. The van der Waals surface area contributed by atoms with Gasteiger partial charge in [-0.05, 0) is 37.1 Å². The van der Waals surface area contributed by atoms with E-state index in [1.165, 1.54) is 0 Å². The van der Waals surface area contributed by atoms with Gasteiger partial charge in [0.2, 0.25) is 0 Å². The average molecular weight is 363 g/mol. The molecule has 0 saturated carbocycles. The number of carboxylic acid groups (broad SMARTS) is 1. The molecule has 0 unspecified atom stereocenters. The van der Waals surface area contributed by atoms with Gasteiger partial charge in [0.05, 0.1) is 17.5 Å². The van der Waals surface area contributed by atoms with Crippen LogP contribution in [0.15, 0.2) is 55.4 Å². The van der Waals surface area contributed by atoms with Gasteiger partial charge < -0.3 is 5.11 Å². The van der Waals surface area contributed by atoms with E-state index in [1.54, 1.807) is 36.9 Å². The molecule has 0 amide bonds. The van der Waals surface area contributed by atoms with E-state index in [0.717, 1.165) is 49.6 Å². The van der Waals surface area contributed by atoms with Crippen molar-refractivity contribution in [2.75, 3.05) is 13.1 Å². The number of piperidine rings is 1.